The van der Waals surface area contributed by atoms with Gasteiger partial charge in [0.15, 0.2) is 0 Å². The number of likely N-dealkylation sites (tertiary alicyclic amines) is 1. The molecule has 2 aliphatic heterocycles. The van der Waals surface area contributed by atoms with E-state index in [9.17, 15) is 15.0 Å². The van der Waals surface area contributed by atoms with Crippen molar-refractivity contribution in [3.05, 3.63) is 29.3 Å². The lowest BCUT2D eigenvalue weighted by molar-refractivity contribution is -0.166. The van der Waals surface area contributed by atoms with E-state index in [1.807, 2.05) is 19.1 Å². The van der Waals surface area contributed by atoms with Gasteiger partial charge in [-0.25, -0.2) is 0 Å². The van der Waals surface area contributed by atoms with Crippen molar-refractivity contribution in [3.8, 4) is 0 Å². The number of carboxylic acids is 1. The number of rotatable bonds is 5. The summed E-state index contributed by atoms with van der Waals surface area (Å²) in [6.45, 7) is 5.15. The molecular weight excluding hydrogens is 352 g/mol. The zero-order chi connectivity index (χ0) is 18.7. The van der Waals surface area contributed by atoms with Crippen molar-refractivity contribution in [2.75, 3.05) is 31.1 Å². The van der Waals surface area contributed by atoms with E-state index in [-0.39, 0.29) is 0 Å². The fraction of sp³-hybridized carbons (Fsp3) is 0.650. The number of carbonyl (C=O) groups is 1. The molecule has 0 unspecified atom stereocenters. The van der Waals surface area contributed by atoms with Crippen LogP contribution in [0, 0.1) is 5.41 Å². The molecule has 0 aliphatic carbocycles. The van der Waals surface area contributed by atoms with Crippen LogP contribution in [0.4, 0.5) is 5.69 Å². The molecule has 26 heavy (non-hydrogen) atoms. The molecule has 0 radical (unpaired) electrons. The highest BCUT2D eigenvalue weighted by Gasteiger charge is 2.49. The molecule has 144 valence electrons. The van der Waals surface area contributed by atoms with Crippen LogP contribution in [0.15, 0.2) is 24.3 Å². The third-order valence-electron chi connectivity index (χ3n) is 6.11. The van der Waals surface area contributed by atoms with Crippen LogP contribution in [0.3, 0.4) is 0 Å². The minimum Gasteiger partial charge on any atom is -0.481 e. The smallest absolute Gasteiger partial charge is 0.313 e. The first kappa shape index (κ1) is 19.5. The number of hydrogen-bond donors (Lipinski definition) is 2. The van der Waals surface area contributed by atoms with Gasteiger partial charge in [0.2, 0.25) is 0 Å². The van der Waals surface area contributed by atoms with E-state index in [1.165, 1.54) is 5.69 Å². The Morgan fingerprint density at radius 1 is 1.19 bits per heavy atom. The van der Waals surface area contributed by atoms with Gasteiger partial charge in [0.05, 0.1) is 6.10 Å². The van der Waals surface area contributed by atoms with Crippen LogP contribution in [0.1, 0.15) is 39.0 Å². The summed E-state index contributed by atoms with van der Waals surface area (Å²) in [7, 11) is 0. The maximum Gasteiger partial charge on any atom is 0.313 e. The monoisotopic (exact) mass is 380 g/mol. The Balaban J connectivity index is 1.63. The number of aliphatic hydroxyl groups is 1. The molecule has 0 bridgehead atoms. The summed E-state index contributed by atoms with van der Waals surface area (Å²) < 4.78 is 0. The van der Waals surface area contributed by atoms with Crippen LogP contribution in [0.5, 0.6) is 0 Å². The lowest BCUT2D eigenvalue weighted by Crippen LogP contribution is -2.59. The highest BCUT2D eigenvalue weighted by Crippen LogP contribution is 2.37. The third-order valence-corrected chi connectivity index (χ3v) is 6.36. The van der Waals surface area contributed by atoms with Crippen LogP contribution in [-0.4, -0.2) is 59.4 Å². The highest BCUT2D eigenvalue weighted by molar-refractivity contribution is 6.30. The van der Waals surface area contributed by atoms with E-state index in [1.54, 1.807) is 0 Å². The average molecular weight is 381 g/mol. The summed E-state index contributed by atoms with van der Waals surface area (Å²) in [5, 5.41) is 21.0. The summed E-state index contributed by atoms with van der Waals surface area (Å²) in [4.78, 5) is 16.6. The summed E-state index contributed by atoms with van der Waals surface area (Å²) in [6, 6.07) is 8.33. The Hall–Kier alpha value is -1.30. The van der Waals surface area contributed by atoms with Crippen molar-refractivity contribution in [3.63, 3.8) is 0 Å². The second-order valence-corrected chi connectivity index (χ2v) is 8.12. The van der Waals surface area contributed by atoms with Crippen molar-refractivity contribution in [2.24, 2.45) is 5.41 Å². The molecule has 2 heterocycles. The topological polar surface area (TPSA) is 64.0 Å². The largest absolute Gasteiger partial charge is 0.481 e. The van der Waals surface area contributed by atoms with Crippen molar-refractivity contribution in [2.45, 2.75) is 51.2 Å². The number of benzene rings is 1. The first-order valence-corrected chi connectivity index (χ1v) is 10.00. The number of aliphatic carboxylic acids is 1. The van der Waals surface area contributed by atoms with Gasteiger partial charge in [-0.05, 0) is 49.9 Å². The van der Waals surface area contributed by atoms with Crippen LogP contribution < -0.4 is 4.90 Å². The summed E-state index contributed by atoms with van der Waals surface area (Å²) in [5.74, 6) is -0.852. The standard InChI is InChI=1S/C20H29ClN2O3/c1-2-10-20(19(25)26)14-23(13-9-18(20)24)17-7-11-22(12-8-17)16-5-3-15(21)4-6-16/h3-6,17-18,24H,2,7-14H2,1H3,(H,25,26)/t18-,20-/m0/s1. The molecule has 1 aromatic carbocycles. The number of hydrogen-bond acceptors (Lipinski definition) is 4. The molecule has 6 heteroatoms. The van der Waals surface area contributed by atoms with Crippen LogP contribution in [-0.2, 0) is 4.79 Å². The van der Waals surface area contributed by atoms with Gasteiger partial charge >= 0.3 is 5.97 Å². The molecule has 3 rings (SSSR count). The number of aliphatic hydroxyl groups excluding tert-OH is 1. The van der Waals surface area contributed by atoms with Crippen LogP contribution >= 0.6 is 11.6 Å². The predicted octanol–water partition coefficient (Wildman–Crippen LogP) is 3.25. The summed E-state index contributed by atoms with van der Waals surface area (Å²) in [5.41, 5.74) is 0.174. The Labute approximate surface area is 160 Å². The Bertz CT molecular complexity index is 616. The summed E-state index contributed by atoms with van der Waals surface area (Å²) in [6.07, 6.45) is 3.13. The number of nitrogens with zero attached hydrogens (tertiary/aromatic N) is 2. The summed E-state index contributed by atoms with van der Waals surface area (Å²) >= 11 is 5.97. The Morgan fingerprint density at radius 3 is 2.42 bits per heavy atom. The first-order chi connectivity index (χ1) is 12.5. The fourth-order valence-electron chi connectivity index (χ4n) is 4.57. The normalized spacial score (nSPS) is 28.3. The third kappa shape index (κ3) is 3.85. The molecule has 5 nitrogen and oxygen atoms in total. The van der Waals surface area contributed by atoms with E-state index < -0.39 is 17.5 Å². The van der Waals surface area contributed by atoms with Gasteiger partial charge in [-0.3, -0.25) is 9.69 Å². The van der Waals surface area contributed by atoms with E-state index in [2.05, 4.69) is 21.9 Å². The van der Waals surface area contributed by atoms with E-state index >= 15 is 0 Å². The predicted molar refractivity (Wildman–Crippen MR) is 104 cm³/mol. The quantitative estimate of drug-likeness (QED) is 0.820. The number of halogens is 1. The second-order valence-electron chi connectivity index (χ2n) is 7.68. The molecule has 2 atom stereocenters. The molecule has 2 N–H and O–H groups in total. The van der Waals surface area contributed by atoms with Crippen molar-refractivity contribution < 1.29 is 15.0 Å². The molecule has 1 aromatic rings. The van der Waals surface area contributed by atoms with E-state index in [4.69, 9.17) is 11.6 Å². The van der Waals surface area contributed by atoms with E-state index in [0.29, 0.717) is 25.4 Å². The lowest BCUT2D eigenvalue weighted by atomic mass is 9.73. The van der Waals surface area contributed by atoms with Crippen molar-refractivity contribution in [1.82, 2.24) is 4.90 Å². The number of carboxylic acid groups (broad SMARTS) is 1. The van der Waals surface area contributed by atoms with Crippen LogP contribution in [0.2, 0.25) is 5.02 Å². The van der Waals surface area contributed by atoms with Gasteiger partial charge in [-0.15, -0.1) is 0 Å². The van der Waals surface area contributed by atoms with Gasteiger partial charge in [0.1, 0.15) is 5.41 Å². The molecule has 0 saturated carbocycles. The van der Waals surface area contributed by atoms with Crippen LogP contribution in [0.25, 0.3) is 0 Å². The Kier molecular flexibility index (Phi) is 6.10. The fourth-order valence-corrected chi connectivity index (χ4v) is 4.70. The molecule has 0 aromatic heterocycles. The van der Waals surface area contributed by atoms with E-state index in [0.717, 1.165) is 43.9 Å². The SMILES string of the molecule is CCC[C@]1(C(=O)O)CN(C2CCN(c3ccc(Cl)cc3)CC2)CC[C@@H]1O. The number of piperidine rings is 2. The average Bonchev–Trinajstić information content (AvgIpc) is 2.64. The maximum absolute atomic E-state index is 12.0. The first-order valence-electron chi connectivity index (χ1n) is 9.62. The van der Waals surface area contributed by atoms with Gasteiger partial charge in [-0.1, -0.05) is 24.9 Å². The van der Waals surface area contributed by atoms with Gasteiger partial charge in [0.25, 0.3) is 0 Å². The minimum atomic E-state index is -1.01. The van der Waals surface area contributed by atoms with Gasteiger partial charge < -0.3 is 15.1 Å². The second kappa shape index (κ2) is 8.15. The van der Waals surface area contributed by atoms with Gasteiger partial charge in [0, 0.05) is 42.9 Å². The van der Waals surface area contributed by atoms with Crippen molar-refractivity contribution >= 4 is 23.3 Å². The minimum absolute atomic E-state index is 0.390. The molecular formula is C20H29ClN2O3. The molecule has 0 spiro atoms. The molecule has 0 amide bonds. The zero-order valence-corrected chi connectivity index (χ0v) is 16.2. The molecule has 2 fully saturated rings. The molecule has 2 aliphatic rings. The number of anilines is 1. The lowest BCUT2D eigenvalue weighted by Gasteiger charge is -2.48. The van der Waals surface area contributed by atoms with Gasteiger partial charge in [-0.2, -0.15) is 0 Å². The Morgan fingerprint density at radius 2 is 1.85 bits per heavy atom. The highest BCUT2D eigenvalue weighted by atomic mass is 35.5. The zero-order valence-electron chi connectivity index (χ0n) is 15.4. The van der Waals surface area contributed by atoms with Crippen molar-refractivity contribution in [1.29, 1.82) is 0 Å². The maximum atomic E-state index is 12.0. The molecule has 2 saturated heterocycles.